The summed E-state index contributed by atoms with van der Waals surface area (Å²) in [7, 11) is 7.31. The number of benzene rings is 1. The van der Waals surface area contributed by atoms with Gasteiger partial charge in [0.15, 0.2) is 0 Å². The van der Waals surface area contributed by atoms with Crippen molar-refractivity contribution in [1.29, 1.82) is 0 Å². The molecule has 3 rings (SSSR count). The summed E-state index contributed by atoms with van der Waals surface area (Å²) in [5.41, 5.74) is 3.60. The number of ether oxygens (including phenoxy) is 3. The average Bonchev–Trinajstić information content (AvgIpc) is 3.08. The van der Waals surface area contributed by atoms with Gasteiger partial charge in [-0.25, -0.2) is 0 Å². The van der Waals surface area contributed by atoms with E-state index in [-0.39, 0.29) is 0 Å². The van der Waals surface area contributed by atoms with Gasteiger partial charge in [-0.15, -0.1) is 0 Å². The summed E-state index contributed by atoms with van der Waals surface area (Å²) in [5.74, 6) is 2.86. The van der Waals surface area contributed by atoms with Crippen LogP contribution in [0.3, 0.4) is 0 Å². The number of aromatic nitrogens is 1. The van der Waals surface area contributed by atoms with E-state index in [9.17, 15) is 0 Å². The molecule has 5 nitrogen and oxygen atoms in total. The fourth-order valence-corrected chi connectivity index (χ4v) is 3.50. The van der Waals surface area contributed by atoms with Crippen LogP contribution in [-0.2, 0) is 15.9 Å². The Morgan fingerprint density at radius 2 is 1.96 bits per heavy atom. The third-order valence-corrected chi connectivity index (χ3v) is 4.97. The molecule has 0 atom stereocenters. The van der Waals surface area contributed by atoms with Crippen molar-refractivity contribution in [3.8, 4) is 5.75 Å². The van der Waals surface area contributed by atoms with Gasteiger partial charge in [-0.05, 0) is 49.7 Å². The lowest BCUT2D eigenvalue weighted by molar-refractivity contribution is 0.236. The van der Waals surface area contributed by atoms with E-state index >= 15 is 0 Å². The van der Waals surface area contributed by atoms with Gasteiger partial charge in [0.1, 0.15) is 17.3 Å². The first-order valence-corrected chi connectivity index (χ1v) is 8.99. The first-order valence-electron chi connectivity index (χ1n) is 8.99. The van der Waals surface area contributed by atoms with Gasteiger partial charge < -0.3 is 24.1 Å². The second kappa shape index (κ2) is 8.32. The Morgan fingerprint density at radius 3 is 2.69 bits per heavy atom. The average molecular weight is 356 g/mol. The van der Waals surface area contributed by atoms with Gasteiger partial charge in [0.2, 0.25) is 0 Å². The fraction of sp³-hybridized carbons (Fsp3) is 0.429. The molecule has 140 valence electrons. The van der Waals surface area contributed by atoms with Crippen LogP contribution in [-0.4, -0.2) is 51.4 Å². The number of allylic oxidation sites excluding steroid dienone is 2. The normalized spacial score (nSPS) is 14.7. The fourth-order valence-electron chi connectivity index (χ4n) is 3.50. The van der Waals surface area contributed by atoms with Crippen LogP contribution in [0.25, 0.3) is 10.9 Å². The zero-order chi connectivity index (χ0) is 18.5. The molecule has 1 N–H and O–H groups in total. The predicted octanol–water partition coefficient (Wildman–Crippen LogP) is 3.88. The number of hydrogen-bond donors (Lipinski definition) is 1. The summed E-state index contributed by atoms with van der Waals surface area (Å²) in [5, 5.41) is 1.23. The number of nitrogens with one attached hydrogen (secondary N) is 1. The Morgan fingerprint density at radius 1 is 1.12 bits per heavy atom. The quantitative estimate of drug-likeness (QED) is 0.780. The van der Waals surface area contributed by atoms with Gasteiger partial charge in [0.25, 0.3) is 0 Å². The lowest BCUT2D eigenvalue weighted by atomic mass is 10.0. The van der Waals surface area contributed by atoms with Crippen LogP contribution in [0.2, 0.25) is 0 Å². The zero-order valence-corrected chi connectivity index (χ0v) is 16.1. The van der Waals surface area contributed by atoms with E-state index in [1.54, 1.807) is 21.3 Å². The summed E-state index contributed by atoms with van der Waals surface area (Å²) >= 11 is 0. The second-order valence-electron chi connectivity index (χ2n) is 6.63. The molecule has 0 amide bonds. The van der Waals surface area contributed by atoms with Crippen molar-refractivity contribution >= 4 is 10.9 Å². The first-order chi connectivity index (χ1) is 12.7. The van der Waals surface area contributed by atoms with Gasteiger partial charge >= 0.3 is 0 Å². The van der Waals surface area contributed by atoms with E-state index in [2.05, 4.69) is 41.3 Å². The molecule has 2 aromatic rings. The minimum absolute atomic E-state index is 0.814. The van der Waals surface area contributed by atoms with Crippen LogP contribution < -0.4 is 4.74 Å². The van der Waals surface area contributed by atoms with Gasteiger partial charge in [0, 0.05) is 42.2 Å². The third-order valence-electron chi connectivity index (χ3n) is 4.97. The number of rotatable bonds is 8. The molecule has 0 saturated heterocycles. The zero-order valence-electron chi connectivity index (χ0n) is 16.1. The Bertz CT molecular complexity index is 820. The topological polar surface area (TPSA) is 46.7 Å². The monoisotopic (exact) mass is 356 g/mol. The van der Waals surface area contributed by atoms with Crippen LogP contribution in [0.4, 0.5) is 0 Å². The summed E-state index contributed by atoms with van der Waals surface area (Å²) in [4.78, 5) is 5.66. The number of fused-ring (bicyclic) bond motifs is 1. The Balaban J connectivity index is 1.68. The number of hydrogen-bond acceptors (Lipinski definition) is 4. The van der Waals surface area contributed by atoms with Gasteiger partial charge in [-0.2, -0.15) is 0 Å². The maximum Gasteiger partial charge on any atom is 0.122 e. The molecule has 26 heavy (non-hydrogen) atoms. The maximum absolute atomic E-state index is 5.58. The summed E-state index contributed by atoms with van der Waals surface area (Å²) in [6.07, 6.45) is 7.12. The lowest BCUT2D eigenvalue weighted by Gasteiger charge is -2.24. The maximum atomic E-state index is 5.58. The van der Waals surface area contributed by atoms with Crippen LogP contribution in [0.5, 0.6) is 5.75 Å². The number of methoxy groups -OCH3 is 3. The van der Waals surface area contributed by atoms with Crippen LogP contribution in [0.15, 0.2) is 47.6 Å². The standard InChI is InChI=1S/C21H28N2O3/c1-23(14-18-20(25-3)6-5-7-21(18)26-4)11-10-15-13-22-19-9-8-16(24-2)12-17(15)19/h6,8-9,12-13,22H,5,7,10-11,14H2,1-4H3. The van der Waals surface area contributed by atoms with Crippen molar-refractivity contribution in [2.75, 3.05) is 41.5 Å². The van der Waals surface area contributed by atoms with Crippen molar-refractivity contribution in [1.82, 2.24) is 9.88 Å². The Labute approximate surface area is 155 Å². The highest BCUT2D eigenvalue weighted by atomic mass is 16.5. The molecule has 1 aliphatic carbocycles. The third kappa shape index (κ3) is 3.88. The van der Waals surface area contributed by atoms with Crippen molar-refractivity contribution in [2.45, 2.75) is 19.3 Å². The molecular formula is C21H28N2O3. The van der Waals surface area contributed by atoms with E-state index in [0.717, 1.165) is 60.7 Å². The Hall–Kier alpha value is -2.40. The van der Waals surface area contributed by atoms with Gasteiger partial charge in [-0.1, -0.05) is 0 Å². The van der Waals surface area contributed by atoms with Crippen molar-refractivity contribution in [3.63, 3.8) is 0 Å². The van der Waals surface area contributed by atoms with E-state index in [0.29, 0.717) is 0 Å². The van der Waals surface area contributed by atoms with Crippen LogP contribution >= 0.6 is 0 Å². The molecule has 0 radical (unpaired) electrons. The number of likely N-dealkylation sites (N-methyl/N-ethyl adjacent to an activating group) is 1. The number of aromatic amines is 1. The molecule has 1 heterocycles. The minimum Gasteiger partial charge on any atom is -0.501 e. The molecule has 5 heteroatoms. The molecule has 1 aromatic heterocycles. The smallest absolute Gasteiger partial charge is 0.122 e. The molecule has 1 aromatic carbocycles. The van der Waals surface area contributed by atoms with Crippen molar-refractivity contribution in [2.24, 2.45) is 0 Å². The molecular weight excluding hydrogens is 328 g/mol. The van der Waals surface area contributed by atoms with Gasteiger partial charge in [-0.3, -0.25) is 0 Å². The largest absolute Gasteiger partial charge is 0.501 e. The summed E-state index contributed by atoms with van der Waals surface area (Å²) in [6.45, 7) is 1.76. The molecule has 0 fully saturated rings. The van der Waals surface area contributed by atoms with Crippen molar-refractivity contribution in [3.05, 3.63) is 53.1 Å². The Kier molecular flexibility index (Phi) is 5.89. The van der Waals surface area contributed by atoms with E-state index in [4.69, 9.17) is 14.2 Å². The summed E-state index contributed by atoms with van der Waals surface area (Å²) < 4.78 is 16.5. The van der Waals surface area contributed by atoms with E-state index in [1.165, 1.54) is 10.9 Å². The number of H-pyrrole nitrogens is 1. The molecule has 0 saturated carbocycles. The van der Waals surface area contributed by atoms with E-state index < -0.39 is 0 Å². The van der Waals surface area contributed by atoms with Crippen LogP contribution in [0.1, 0.15) is 18.4 Å². The predicted molar refractivity (Wildman–Crippen MR) is 104 cm³/mol. The molecule has 1 aliphatic rings. The molecule has 0 aliphatic heterocycles. The van der Waals surface area contributed by atoms with E-state index in [1.807, 2.05) is 6.07 Å². The molecule has 0 spiro atoms. The summed E-state index contributed by atoms with van der Waals surface area (Å²) in [6, 6.07) is 6.14. The lowest BCUT2D eigenvalue weighted by Crippen LogP contribution is -2.26. The minimum atomic E-state index is 0.814. The number of nitrogens with zero attached hydrogens (tertiary/aromatic N) is 1. The molecule has 0 unspecified atom stereocenters. The highest BCUT2D eigenvalue weighted by molar-refractivity contribution is 5.84. The highest BCUT2D eigenvalue weighted by Crippen LogP contribution is 2.27. The van der Waals surface area contributed by atoms with Gasteiger partial charge in [0.05, 0.1) is 21.3 Å². The highest BCUT2D eigenvalue weighted by Gasteiger charge is 2.19. The second-order valence-corrected chi connectivity index (χ2v) is 6.63. The first kappa shape index (κ1) is 18.4. The molecule has 0 bridgehead atoms. The van der Waals surface area contributed by atoms with Crippen LogP contribution in [0, 0.1) is 0 Å². The van der Waals surface area contributed by atoms with Crippen molar-refractivity contribution < 1.29 is 14.2 Å². The SMILES string of the molecule is COC1=CCCC(OC)=C1CN(C)CCc1c[nH]c2ccc(OC)cc12.